The molecule has 10 heteroatoms. The van der Waals surface area contributed by atoms with Gasteiger partial charge in [0.15, 0.2) is 16.6 Å². The quantitative estimate of drug-likeness (QED) is 0.598. The molecule has 0 bridgehead atoms. The summed E-state index contributed by atoms with van der Waals surface area (Å²) in [5, 5.41) is 7.38. The number of amides is 2. The minimum absolute atomic E-state index is 0.248. The summed E-state index contributed by atoms with van der Waals surface area (Å²) in [6.07, 6.45) is 5.17. The summed E-state index contributed by atoms with van der Waals surface area (Å²) in [4.78, 5) is 32.7. The highest BCUT2D eigenvalue weighted by atomic mass is 32.1. The molecule has 9 nitrogen and oxygen atoms in total. The van der Waals surface area contributed by atoms with Gasteiger partial charge in [-0.1, -0.05) is 0 Å². The molecule has 0 aliphatic heterocycles. The molecule has 0 atom stereocenters. The van der Waals surface area contributed by atoms with Crippen LogP contribution in [-0.4, -0.2) is 47.1 Å². The summed E-state index contributed by atoms with van der Waals surface area (Å²) >= 11 is 1.17. The molecule has 0 saturated heterocycles. The number of methoxy groups -OCH3 is 2. The highest BCUT2D eigenvalue weighted by Crippen LogP contribution is 2.28. The fourth-order valence-corrected chi connectivity index (χ4v) is 3.08. The van der Waals surface area contributed by atoms with Crippen LogP contribution in [-0.2, 0) is 6.54 Å². The van der Waals surface area contributed by atoms with Gasteiger partial charge in [0.05, 0.1) is 20.5 Å². The van der Waals surface area contributed by atoms with Crippen LogP contribution in [0.3, 0.4) is 0 Å². The molecule has 0 aliphatic carbocycles. The van der Waals surface area contributed by atoms with E-state index in [2.05, 4.69) is 20.6 Å². The number of carbonyl (C=O) groups is 2. The molecule has 28 heavy (non-hydrogen) atoms. The number of benzene rings is 1. The third kappa shape index (κ3) is 4.65. The van der Waals surface area contributed by atoms with Gasteiger partial charge in [-0.3, -0.25) is 14.9 Å². The molecule has 0 fully saturated rings. The lowest BCUT2D eigenvalue weighted by Gasteiger charge is -2.09. The number of nitrogens with zero attached hydrogens (tertiary/aromatic N) is 3. The molecule has 146 valence electrons. The largest absolute Gasteiger partial charge is 0.493 e. The van der Waals surface area contributed by atoms with E-state index in [1.54, 1.807) is 36.1 Å². The topological polar surface area (TPSA) is 107 Å². The van der Waals surface area contributed by atoms with Crippen LogP contribution in [0.1, 0.15) is 20.8 Å². The van der Waals surface area contributed by atoms with Gasteiger partial charge in [0.25, 0.3) is 11.8 Å². The Morgan fingerprint density at radius 1 is 1.18 bits per heavy atom. The van der Waals surface area contributed by atoms with E-state index in [9.17, 15) is 9.59 Å². The maximum Gasteiger partial charge on any atom is 0.270 e. The first kappa shape index (κ1) is 19.4. The van der Waals surface area contributed by atoms with E-state index in [1.807, 2.05) is 10.8 Å². The molecule has 2 N–H and O–H groups in total. The lowest BCUT2D eigenvalue weighted by molar-refractivity contribution is 0.0946. The number of hydrogen-bond acceptors (Lipinski definition) is 7. The molecular formula is C18H19N5O4S. The molecular weight excluding hydrogens is 382 g/mol. The van der Waals surface area contributed by atoms with E-state index in [0.717, 1.165) is 0 Å². The SMILES string of the molecule is COc1ccc(C(=O)Nc2nc(C(=O)NCCn3ccnc3)cs2)cc1OC. The smallest absolute Gasteiger partial charge is 0.270 e. The number of thiazole rings is 1. The number of anilines is 1. The highest BCUT2D eigenvalue weighted by Gasteiger charge is 2.15. The zero-order valence-electron chi connectivity index (χ0n) is 15.3. The van der Waals surface area contributed by atoms with Crippen molar-refractivity contribution in [1.29, 1.82) is 0 Å². The Labute approximate surface area is 165 Å². The molecule has 0 spiro atoms. The first-order chi connectivity index (χ1) is 13.6. The first-order valence-corrected chi connectivity index (χ1v) is 9.21. The van der Waals surface area contributed by atoms with Crippen molar-refractivity contribution in [2.24, 2.45) is 0 Å². The number of rotatable bonds is 8. The summed E-state index contributed by atoms with van der Waals surface area (Å²) in [6.45, 7) is 1.05. The number of aromatic nitrogens is 3. The van der Waals surface area contributed by atoms with E-state index in [-0.39, 0.29) is 17.5 Å². The Hall–Kier alpha value is -3.40. The minimum atomic E-state index is -0.359. The third-order valence-corrected chi connectivity index (χ3v) is 4.58. The number of carbonyl (C=O) groups excluding carboxylic acids is 2. The molecule has 0 saturated carbocycles. The Bertz CT molecular complexity index is 955. The fraction of sp³-hybridized carbons (Fsp3) is 0.222. The van der Waals surface area contributed by atoms with Crippen molar-refractivity contribution in [2.75, 3.05) is 26.1 Å². The molecule has 2 aromatic heterocycles. The number of ether oxygens (including phenoxy) is 2. The Kier molecular flexibility index (Phi) is 6.22. The number of imidazole rings is 1. The van der Waals surface area contributed by atoms with Crippen LogP contribution < -0.4 is 20.1 Å². The van der Waals surface area contributed by atoms with Crippen molar-refractivity contribution in [2.45, 2.75) is 6.54 Å². The van der Waals surface area contributed by atoms with Crippen LogP contribution in [0.2, 0.25) is 0 Å². The van der Waals surface area contributed by atoms with Gasteiger partial charge < -0.3 is 19.4 Å². The molecule has 3 rings (SSSR count). The Morgan fingerprint density at radius 2 is 2.00 bits per heavy atom. The van der Waals surface area contributed by atoms with Crippen LogP contribution in [0.5, 0.6) is 11.5 Å². The standard InChI is InChI=1S/C18H19N5O4S/c1-26-14-4-3-12(9-15(14)27-2)16(24)22-18-21-13(10-28-18)17(25)20-6-8-23-7-5-19-11-23/h3-5,7,9-11H,6,8H2,1-2H3,(H,20,25)(H,21,22,24). The predicted molar refractivity (Wildman–Crippen MR) is 104 cm³/mol. The number of nitrogens with one attached hydrogen (secondary N) is 2. The van der Waals surface area contributed by atoms with Gasteiger partial charge in [-0.2, -0.15) is 0 Å². The van der Waals surface area contributed by atoms with Gasteiger partial charge in [-0.05, 0) is 18.2 Å². The monoisotopic (exact) mass is 401 g/mol. The normalized spacial score (nSPS) is 10.4. The average molecular weight is 401 g/mol. The summed E-state index contributed by atoms with van der Waals surface area (Å²) < 4.78 is 12.2. The summed E-state index contributed by atoms with van der Waals surface area (Å²) in [7, 11) is 3.02. The second-order valence-electron chi connectivity index (χ2n) is 5.62. The van der Waals surface area contributed by atoms with E-state index in [1.165, 1.54) is 25.6 Å². The summed E-state index contributed by atoms with van der Waals surface area (Å²) in [5.41, 5.74) is 0.637. The van der Waals surface area contributed by atoms with Crippen LogP contribution in [0.15, 0.2) is 42.3 Å². The van der Waals surface area contributed by atoms with Crippen LogP contribution >= 0.6 is 11.3 Å². The molecule has 3 aromatic rings. The second-order valence-corrected chi connectivity index (χ2v) is 6.48. The van der Waals surface area contributed by atoms with Crippen molar-refractivity contribution in [1.82, 2.24) is 19.9 Å². The lowest BCUT2D eigenvalue weighted by atomic mass is 10.2. The Balaban J connectivity index is 1.57. The number of hydrogen-bond donors (Lipinski definition) is 2. The molecule has 0 unspecified atom stereocenters. The highest BCUT2D eigenvalue weighted by molar-refractivity contribution is 7.14. The summed E-state index contributed by atoms with van der Waals surface area (Å²) in [6, 6.07) is 4.84. The van der Waals surface area contributed by atoms with E-state index in [4.69, 9.17) is 9.47 Å². The van der Waals surface area contributed by atoms with E-state index >= 15 is 0 Å². The van der Waals surface area contributed by atoms with Crippen molar-refractivity contribution < 1.29 is 19.1 Å². The summed E-state index contributed by atoms with van der Waals surface area (Å²) in [5.74, 6) is 0.320. The van der Waals surface area contributed by atoms with Gasteiger partial charge in [-0.15, -0.1) is 11.3 Å². The molecule has 1 aromatic carbocycles. The predicted octanol–water partition coefficient (Wildman–Crippen LogP) is 2.04. The van der Waals surface area contributed by atoms with Crippen molar-refractivity contribution in [3.05, 3.63) is 53.6 Å². The van der Waals surface area contributed by atoms with E-state index in [0.29, 0.717) is 35.3 Å². The minimum Gasteiger partial charge on any atom is -0.493 e. The maximum atomic E-state index is 12.4. The van der Waals surface area contributed by atoms with Crippen molar-refractivity contribution in [3.8, 4) is 11.5 Å². The van der Waals surface area contributed by atoms with Gasteiger partial charge in [-0.25, -0.2) is 9.97 Å². The fourth-order valence-electron chi connectivity index (χ4n) is 2.39. The van der Waals surface area contributed by atoms with Crippen molar-refractivity contribution in [3.63, 3.8) is 0 Å². The average Bonchev–Trinajstić information content (AvgIpc) is 3.39. The molecule has 0 aliphatic rings. The van der Waals surface area contributed by atoms with Crippen LogP contribution in [0, 0.1) is 0 Å². The van der Waals surface area contributed by atoms with Crippen molar-refractivity contribution >= 4 is 28.3 Å². The zero-order chi connectivity index (χ0) is 19.9. The van der Waals surface area contributed by atoms with Gasteiger partial charge in [0.2, 0.25) is 0 Å². The maximum absolute atomic E-state index is 12.4. The molecule has 2 heterocycles. The zero-order valence-corrected chi connectivity index (χ0v) is 16.2. The van der Waals surface area contributed by atoms with E-state index < -0.39 is 0 Å². The van der Waals surface area contributed by atoms with Gasteiger partial charge in [0.1, 0.15) is 5.69 Å². The van der Waals surface area contributed by atoms with Crippen LogP contribution in [0.25, 0.3) is 0 Å². The lowest BCUT2D eigenvalue weighted by Crippen LogP contribution is -2.27. The second kappa shape index (κ2) is 9.00. The first-order valence-electron chi connectivity index (χ1n) is 8.33. The third-order valence-electron chi connectivity index (χ3n) is 3.82. The van der Waals surface area contributed by atoms with Crippen LogP contribution in [0.4, 0.5) is 5.13 Å². The van der Waals surface area contributed by atoms with Gasteiger partial charge >= 0.3 is 0 Å². The molecule has 0 radical (unpaired) electrons. The molecule has 2 amide bonds. The van der Waals surface area contributed by atoms with Gasteiger partial charge in [0, 0.05) is 36.4 Å². The Morgan fingerprint density at radius 3 is 2.71 bits per heavy atom.